The molecule has 21 heavy (non-hydrogen) atoms. The molecular weight excluding hydrogens is 273 g/mol. The number of hydrogen-bond donors (Lipinski definition) is 3. The first kappa shape index (κ1) is 14.8. The lowest BCUT2D eigenvalue weighted by molar-refractivity contribution is 0.102. The van der Waals surface area contributed by atoms with Crippen LogP contribution in [0.25, 0.3) is 0 Å². The molecule has 108 valence electrons. The number of carbonyl (C=O) groups is 1. The second-order valence-electron chi connectivity index (χ2n) is 4.41. The Morgan fingerprint density at radius 2 is 2.24 bits per heavy atom. The van der Waals surface area contributed by atoms with Crippen molar-refractivity contribution in [2.75, 3.05) is 11.9 Å². The van der Waals surface area contributed by atoms with Crippen LogP contribution in [0, 0.1) is 31.5 Å². The van der Waals surface area contributed by atoms with Gasteiger partial charge in [0.05, 0.1) is 22.6 Å². The number of aliphatic hydroxyl groups excluding tert-OH is 1. The van der Waals surface area contributed by atoms with Crippen LogP contribution in [0.4, 0.5) is 10.1 Å². The number of aromatic amines is 1. The number of halogens is 1. The summed E-state index contributed by atoms with van der Waals surface area (Å²) < 4.78 is 13.3. The van der Waals surface area contributed by atoms with Gasteiger partial charge in [-0.1, -0.05) is 11.8 Å². The van der Waals surface area contributed by atoms with Gasteiger partial charge in [0, 0.05) is 5.56 Å². The lowest BCUT2D eigenvalue weighted by atomic mass is 10.1. The van der Waals surface area contributed by atoms with Crippen molar-refractivity contribution in [2.24, 2.45) is 0 Å². The van der Waals surface area contributed by atoms with Crippen LogP contribution in [0.1, 0.15) is 27.3 Å². The van der Waals surface area contributed by atoms with E-state index < -0.39 is 11.7 Å². The molecular formula is C15H14FN3O2. The maximum atomic E-state index is 13.3. The number of rotatable bonds is 2. The summed E-state index contributed by atoms with van der Waals surface area (Å²) in [6, 6.07) is 3.71. The third-order valence-electron chi connectivity index (χ3n) is 2.90. The number of H-pyrrole nitrogens is 1. The highest BCUT2D eigenvalue weighted by Gasteiger charge is 2.15. The molecule has 2 rings (SSSR count). The van der Waals surface area contributed by atoms with E-state index in [2.05, 4.69) is 27.4 Å². The molecule has 3 N–H and O–H groups in total. The molecule has 1 amide bonds. The van der Waals surface area contributed by atoms with Crippen molar-refractivity contribution in [3.8, 4) is 11.8 Å². The van der Waals surface area contributed by atoms with E-state index in [1.807, 2.05) is 0 Å². The minimum Gasteiger partial charge on any atom is -0.384 e. The first-order valence-corrected chi connectivity index (χ1v) is 6.25. The van der Waals surface area contributed by atoms with Crippen LogP contribution < -0.4 is 5.32 Å². The highest BCUT2D eigenvalue weighted by atomic mass is 19.1. The van der Waals surface area contributed by atoms with Crippen LogP contribution in [-0.2, 0) is 0 Å². The zero-order valence-corrected chi connectivity index (χ0v) is 11.6. The molecule has 0 saturated carbocycles. The molecule has 0 atom stereocenters. The van der Waals surface area contributed by atoms with Gasteiger partial charge in [-0.05, 0) is 32.0 Å². The molecule has 1 heterocycles. The van der Waals surface area contributed by atoms with E-state index in [-0.39, 0.29) is 17.7 Å². The van der Waals surface area contributed by atoms with Gasteiger partial charge < -0.3 is 10.4 Å². The highest BCUT2D eigenvalue weighted by molar-refractivity contribution is 6.06. The van der Waals surface area contributed by atoms with Crippen LogP contribution in [0.15, 0.2) is 18.2 Å². The number of nitrogens with one attached hydrogen (secondary N) is 2. The predicted molar refractivity (Wildman–Crippen MR) is 76.4 cm³/mol. The van der Waals surface area contributed by atoms with Crippen LogP contribution in [0.5, 0.6) is 0 Å². The fourth-order valence-corrected chi connectivity index (χ4v) is 1.87. The summed E-state index contributed by atoms with van der Waals surface area (Å²) in [5.74, 6) is 4.07. The quantitative estimate of drug-likeness (QED) is 0.736. The van der Waals surface area contributed by atoms with E-state index in [0.717, 1.165) is 11.8 Å². The smallest absolute Gasteiger partial charge is 0.257 e. The molecule has 0 spiro atoms. The molecule has 0 fully saturated rings. The average Bonchev–Trinajstić information content (AvgIpc) is 2.77. The van der Waals surface area contributed by atoms with Crippen molar-refractivity contribution >= 4 is 11.6 Å². The Balaban J connectivity index is 2.35. The molecule has 0 radical (unpaired) electrons. The summed E-state index contributed by atoms with van der Waals surface area (Å²) >= 11 is 0. The Labute approximate surface area is 121 Å². The summed E-state index contributed by atoms with van der Waals surface area (Å²) in [5, 5.41) is 18.2. The van der Waals surface area contributed by atoms with Crippen molar-refractivity contribution in [1.82, 2.24) is 10.2 Å². The van der Waals surface area contributed by atoms with Crippen LogP contribution in [-0.4, -0.2) is 27.8 Å². The van der Waals surface area contributed by atoms with E-state index in [4.69, 9.17) is 5.11 Å². The topological polar surface area (TPSA) is 78.0 Å². The van der Waals surface area contributed by atoms with Gasteiger partial charge in [-0.25, -0.2) is 4.39 Å². The van der Waals surface area contributed by atoms with Gasteiger partial charge in [0.15, 0.2) is 0 Å². The minimum absolute atomic E-state index is 0.223. The van der Waals surface area contributed by atoms with Crippen molar-refractivity contribution < 1.29 is 14.3 Å². The number of nitrogens with zero attached hydrogens (tertiary/aromatic N) is 1. The van der Waals surface area contributed by atoms with E-state index in [0.29, 0.717) is 11.4 Å². The number of aliphatic hydroxyl groups is 1. The Morgan fingerprint density at radius 1 is 1.48 bits per heavy atom. The lowest BCUT2D eigenvalue weighted by Crippen LogP contribution is -2.14. The summed E-state index contributed by atoms with van der Waals surface area (Å²) in [5.41, 5.74) is 2.43. The number of aryl methyl sites for hydroxylation is 2. The fourth-order valence-electron chi connectivity index (χ4n) is 1.87. The molecule has 5 nitrogen and oxygen atoms in total. The van der Waals surface area contributed by atoms with E-state index in [9.17, 15) is 9.18 Å². The number of amides is 1. The van der Waals surface area contributed by atoms with Crippen LogP contribution >= 0.6 is 0 Å². The Bertz CT molecular complexity index is 722. The number of aromatic nitrogens is 2. The summed E-state index contributed by atoms with van der Waals surface area (Å²) in [4.78, 5) is 12.3. The molecule has 0 saturated heterocycles. The zero-order valence-electron chi connectivity index (χ0n) is 11.6. The predicted octanol–water partition coefficient (Wildman–Crippen LogP) is 1.76. The van der Waals surface area contributed by atoms with Gasteiger partial charge in [0.2, 0.25) is 0 Å². The average molecular weight is 287 g/mol. The summed E-state index contributed by atoms with van der Waals surface area (Å²) in [6.07, 6.45) is 0. The molecule has 2 aromatic rings. The maximum absolute atomic E-state index is 13.3. The van der Waals surface area contributed by atoms with Gasteiger partial charge in [0.25, 0.3) is 5.91 Å². The standard InChI is InChI=1S/C15H14FN3O2/c1-9-14(10(2)19-18-9)17-15(21)13-6-5-12(16)8-11(13)4-3-7-20/h5-6,8,20H,7H2,1-2H3,(H,17,21)(H,18,19). The fraction of sp³-hybridized carbons (Fsp3) is 0.200. The van der Waals surface area contributed by atoms with Gasteiger partial charge in [-0.15, -0.1) is 0 Å². The summed E-state index contributed by atoms with van der Waals surface area (Å²) in [7, 11) is 0. The lowest BCUT2D eigenvalue weighted by Gasteiger charge is -2.07. The Kier molecular flexibility index (Phi) is 4.36. The number of anilines is 1. The largest absolute Gasteiger partial charge is 0.384 e. The van der Waals surface area contributed by atoms with Gasteiger partial charge in [0.1, 0.15) is 12.4 Å². The molecule has 0 aliphatic heterocycles. The van der Waals surface area contributed by atoms with E-state index in [1.165, 1.54) is 12.1 Å². The second-order valence-corrected chi connectivity index (χ2v) is 4.41. The van der Waals surface area contributed by atoms with Crippen molar-refractivity contribution in [3.05, 3.63) is 46.5 Å². The van der Waals surface area contributed by atoms with Crippen LogP contribution in [0.3, 0.4) is 0 Å². The molecule has 0 aliphatic carbocycles. The van der Waals surface area contributed by atoms with E-state index in [1.54, 1.807) is 13.8 Å². The molecule has 1 aromatic heterocycles. The highest BCUT2D eigenvalue weighted by Crippen LogP contribution is 2.18. The van der Waals surface area contributed by atoms with Crippen molar-refractivity contribution in [1.29, 1.82) is 0 Å². The molecule has 0 aliphatic rings. The molecule has 6 heteroatoms. The van der Waals surface area contributed by atoms with Crippen LogP contribution in [0.2, 0.25) is 0 Å². The van der Waals surface area contributed by atoms with Gasteiger partial charge in [-0.2, -0.15) is 5.10 Å². The second kappa shape index (κ2) is 6.20. The maximum Gasteiger partial charge on any atom is 0.257 e. The number of hydrogen-bond acceptors (Lipinski definition) is 3. The third kappa shape index (κ3) is 3.27. The molecule has 0 unspecified atom stereocenters. The normalized spacial score (nSPS) is 9.90. The zero-order chi connectivity index (χ0) is 15.4. The Morgan fingerprint density at radius 3 is 2.86 bits per heavy atom. The number of carbonyl (C=O) groups excluding carboxylic acids is 1. The Hall–Kier alpha value is -2.65. The molecule has 1 aromatic carbocycles. The monoisotopic (exact) mass is 287 g/mol. The SMILES string of the molecule is Cc1n[nH]c(C)c1NC(=O)c1ccc(F)cc1C#CCO. The first-order chi connectivity index (χ1) is 10.0. The van der Waals surface area contributed by atoms with Gasteiger partial charge >= 0.3 is 0 Å². The first-order valence-electron chi connectivity index (χ1n) is 6.25. The van der Waals surface area contributed by atoms with Gasteiger partial charge in [-0.3, -0.25) is 9.89 Å². The summed E-state index contributed by atoms with van der Waals surface area (Å²) in [6.45, 7) is 3.18. The minimum atomic E-state index is -0.496. The number of benzene rings is 1. The van der Waals surface area contributed by atoms with E-state index >= 15 is 0 Å². The molecule has 0 bridgehead atoms. The third-order valence-corrected chi connectivity index (χ3v) is 2.90. The van der Waals surface area contributed by atoms with Crippen molar-refractivity contribution in [2.45, 2.75) is 13.8 Å². The van der Waals surface area contributed by atoms with Crippen molar-refractivity contribution in [3.63, 3.8) is 0 Å².